The molecule has 2 aromatic carbocycles. The molecule has 0 aliphatic carbocycles. The predicted octanol–water partition coefficient (Wildman–Crippen LogP) is -0.393. The number of hydrogen-bond acceptors (Lipinski definition) is 4. The van der Waals surface area contributed by atoms with Gasteiger partial charge in [0, 0.05) is 18.8 Å². The summed E-state index contributed by atoms with van der Waals surface area (Å²) in [6, 6.07) is 12.1. The number of aryl methyl sites for hydroxylation is 1. The van der Waals surface area contributed by atoms with Crippen molar-refractivity contribution in [1.82, 2.24) is 9.88 Å². The Kier molecular flexibility index (Phi) is 8.59. The molecule has 2 amide bonds. The average Bonchev–Trinajstić information content (AvgIpc) is 2.74. The Hall–Kier alpha value is -3.14. The molecule has 0 spiro atoms. The molecular formula is C22H19FN3NaO5. The summed E-state index contributed by atoms with van der Waals surface area (Å²) in [5.74, 6) is -2.67. The Morgan fingerprint density at radius 3 is 2.47 bits per heavy atom. The molecule has 160 valence electrons. The Balaban J connectivity index is 0.00000363. The maximum atomic E-state index is 14.6. The molecule has 8 nitrogen and oxygen atoms in total. The van der Waals surface area contributed by atoms with Crippen LogP contribution in [0.3, 0.4) is 0 Å². The van der Waals surface area contributed by atoms with E-state index in [1.807, 2.05) is 18.2 Å². The zero-order valence-corrected chi connectivity index (χ0v) is 19.5. The van der Waals surface area contributed by atoms with Crippen molar-refractivity contribution in [3.63, 3.8) is 0 Å². The number of urea groups is 1. The minimum Gasteiger partial charge on any atom is -0.871 e. The molecule has 1 aromatic heterocycles. The standard InChI is InChI=1S/C22H20FN3O5.Na/c1-26-10-9-18(27)20(21(26)30)25-22(31)24-17(12-19(28)29)15-11-14(7-8-16(15)23)13-5-3-2-4-6-13;/h2-11,17,27H,12H2,1H3,(H,28,29)(H2,24,25,31);/q;+1/p-1. The number of hydrogen-bond donors (Lipinski definition) is 3. The van der Waals surface area contributed by atoms with Crippen LogP contribution in [0.5, 0.6) is 5.75 Å². The van der Waals surface area contributed by atoms with Gasteiger partial charge in [-0.2, -0.15) is 0 Å². The van der Waals surface area contributed by atoms with Gasteiger partial charge in [0.05, 0.1) is 12.5 Å². The summed E-state index contributed by atoms with van der Waals surface area (Å²) in [7, 11) is 1.41. The summed E-state index contributed by atoms with van der Waals surface area (Å²) in [4.78, 5) is 35.9. The summed E-state index contributed by atoms with van der Waals surface area (Å²) in [6.45, 7) is 0. The van der Waals surface area contributed by atoms with E-state index in [1.54, 1.807) is 18.2 Å². The van der Waals surface area contributed by atoms with Crippen molar-refractivity contribution >= 4 is 17.7 Å². The SMILES string of the molecule is Cn1ccc([O-])c(NC(=O)NC(CC(=O)O)c2cc(-c3ccccc3)ccc2F)c1=O.[Na+]. The first kappa shape index (κ1) is 25.1. The van der Waals surface area contributed by atoms with Crippen LogP contribution in [0.4, 0.5) is 14.9 Å². The second-order valence-electron chi connectivity index (χ2n) is 6.82. The normalized spacial score (nSPS) is 11.2. The van der Waals surface area contributed by atoms with Crippen LogP contribution in [0.25, 0.3) is 11.1 Å². The van der Waals surface area contributed by atoms with Gasteiger partial charge in [0.15, 0.2) is 0 Å². The van der Waals surface area contributed by atoms with Crippen molar-refractivity contribution in [2.75, 3.05) is 5.32 Å². The van der Waals surface area contributed by atoms with Crippen molar-refractivity contribution in [2.24, 2.45) is 7.05 Å². The van der Waals surface area contributed by atoms with Gasteiger partial charge in [0.25, 0.3) is 5.56 Å². The number of nitrogens with zero attached hydrogens (tertiary/aromatic N) is 1. The largest absolute Gasteiger partial charge is 1.00 e. The van der Waals surface area contributed by atoms with Gasteiger partial charge < -0.3 is 25.4 Å². The Bertz CT molecular complexity index is 1180. The summed E-state index contributed by atoms with van der Waals surface area (Å²) in [5, 5.41) is 25.7. The fourth-order valence-corrected chi connectivity index (χ4v) is 3.07. The van der Waals surface area contributed by atoms with E-state index in [2.05, 4.69) is 10.6 Å². The number of carboxylic acids is 1. The fraction of sp³-hybridized carbons (Fsp3) is 0.136. The zero-order chi connectivity index (χ0) is 22.5. The number of rotatable bonds is 6. The van der Waals surface area contributed by atoms with Gasteiger partial charge in [-0.25, -0.2) is 9.18 Å². The summed E-state index contributed by atoms with van der Waals surface area (Å²) >= 11 is 0. The summed E-state index contributed by atoms with van der Waals surface area (Å²) in [5.41, 5.74) is 0.159. The molecule has 3 N–H and O–H groups in total. The van der Waals surface area contributed by atoms with Gasteiger partial charge in [-0.3, -0.25) is 9.59 Å². The number of carboxylic acid groups (broad SMARTS) is 1. The molecule has 1 atom stereocenters. The molecule has 1 heterocycles. The second-order valence-corrected chi connectivity index (χ2v) is 6.82. The van der Waals surface area contributed by atoms with Crippen molar-refractivity contribution in [1.29, 1.82) is 0 Å². The number of amides is 2. The van der Waals surface area contributed by atoms with E-state index in [-0.39, 0.29) is 35.1 Å². The van der Waals surface area contributed by atoms with E-state index < -0.39 is 47.3 Å². The average molecular weight is 447 g/mol. The molecule has 0 bridgehead atoms. The molecule has 10 heteroatoms. The summed E-state index contributed by atoms with van der Waals surface area (Å²) < 4.78 is 15.7. The van der Waals surface area contributed by atoms with Crippen LogP contribution in [0.15, 0.2) is 65.6 Å². The molecule has 3 aromatic rings. The maximum Gasteiger partial charge on any atom is 1.00 e. The molecule has 1 unspecified atom stereocenters. The number of anilines is 1. The summed E-state index contributed by atoms with van der Waals surface area (Å²) in [6.07, 6.45) is 0.644. The van der Waals surface area contributed by atoms with Crippen molar-refractivity contribution < 1.29 is 53.7 Å². The topological polar surface area (TPSA) is 123 Å². The van der Waals surface area contributed by atoms with Crippen molar-refractivity contribution in [3.05, 3.63) is 82.5 Å². The smallest absolute Gasteiger partial charge is 0.871 e. The first-order valence-electron chi connectivity index (χ1n) is 9.27. The number of carbonyl (C=O) groups excluding carboxylic acids is 1. The molecule has 0 saturated heterocycles. The number of aromatic nitrogens is 1. The predicted molar refractivity (Wildman–Crippen MR) is 110 cm³/mol. The molecule has 3 rings (SSSR count). The Morgan fingerprint density at radius 1 is 1.12 bits per heavy atom. The van der Waals surface area contributed by atoms with Gasteiger partial charge in [-0.15, -0.1) is 0 Å². The molecular weight excluding hydrogens is 428 g/mol. The van der Waals surface area contributed by atoms with Gasteiger partial charge in [0.1, 0.15) is 11.5 Å². The van der Waals surface area contributed by atoms with Crippen LogP contribution < -0.4 is 50.9 Å². The molecule has 0 radical (unpaired) electrons. The number of benzene rings is 2. The molecule has 32 heavy (non-hydrogen) atoms. The zero-order valence-electron chi connectivity index (χ0n) is 17.5. The minimum atomic E-state index is -1.27. The van der Waals surface area contributed by atoms with E-state index >= 15 is 0 Å². The first-order chi connectivity index (χ1) is 14.8. The Morgan fingerprint density at radius 2 is 1.81 bits per heavy atom. The third-order valence-corrected chi connectivity index (χ3v) is 4.63. The van der Waals surface area contributed by atoms with Crippen LogP contribution in [0.2, 0.25) is 0 Å². The number of carbonyl (C=O) groups is 2. The first-order valence-corrected chi connectivity index (χ1v) is 9.27. The monoisotopic (exact) mass is 447 g/mol. The van der Waals surface area contributed by atoms with E-state index in [0.717, 1.165) is 16.2 Å². The van der Waals surface area contributed by atoms with E-state index in [0.29, 0.717) is 5.56 Å². The number of aliphatic carboxylic acids is 1. The second kappa shape index (κ2) is 10.9. The van der Waals surface area contributed by atoms with Crippen LogP contribution in [0.1, 0.15) is 18.0 Å². The fourth-order valence-electron chi connectivity index (χ4n) is 3.07. The van der Waals surface area contributed by atoms with Gasteiger partial charge in [-0.05, 0) is 23.3 Å². The van der Waals surface area contributed by atoms with Crippen LogP contribution in [-0.4, -0.2) is 21.7 Å². The van der Waals surface area contributed by atoms with Crippen molar-refractivity contribution in [2.45, 2.75) is 12.5 Å². The van der Waals surface area contributed by atoms with Crippen LogP contribution >= 0.6 is 0 Å². The number of pyridine rings is 1. The van der Waals surface area contributed by atoms with E-state index in [1.165, 1.54) is 25.4 Å². The van der Waals surface area contributed by atoms with Gasteiger partial charge >= 0.3 is 41.6 Å². The quantitative estimate of drug-likeness (QED) is 0.444. The van der Waals surface area contributed by atoms with E-state index in [9.17, 15) is 29.0 Å². The van der Waals surface area contributed by atoms with Gasteiger partial charge in [-0.1, -0.05) is 48.2 Å². The Labute approximate surface area is 205 Å². The van der Waals surface area contributed by atoms with Crippen LogP contribution in [-0.2, 0) is 11.8 Å². The maximum absolute atomic E-state index is 14.6. The number of halogens is 1. The van der Waals surface area contributed by atoms with E-state index in [4.69, 9.17) is 0 Å². The molecule has 0 aliphatic rings. The van der Waals surface area contributed by atoms with Crippen LogP contribution in [0, 0.1) is 5.82 Å². The van der Waals surface area contributed by atoms with Crippen molar-refractivity contribution in [3.8, 4) is 16.9 Å². The molecule has 0 fully saturated rings. The minimum absolute atomic E-state index is 0. The van der Waals surface area contributed by atoms with Gasteiger partial charge in [0.2, 0.25) is 0 Å². The molecule has 0 saturated carbocycles. The molecule has 0 aliphatic heterocycles. The number of nitrogens with one attached hydrogen (secondary N) is 2. The third kappa shape index (κ3) is 5.97. The third-order valence-electron chi connectivity index (χ3n) is 4.63.